The third-order valence-electron chi connectivity index (χ3n) is 3.58. The molecule has 0 amide bonds. The average Bonchev–Trinajstić information content (AvgIpc) is 2.19. The molecule has 2 heteroatoms. The highest BCUT2D eigenvalue weighted by Gasteiger charge is 2.32. The molecule has 0 heterocycles. The van der Waals surface area contributed by atoms with Crippen LogP contribution in [-0.2, 0) is 4.79 Å². The summed E-state index contributed by atoms with van der Waals surface area (Å²) in [5.41, 5.74) is -0.135. The molecule has 2 atom stereocenters. The summed E-state index contributed by atoms with van der Waals surface area (Å²) in [6.45, 7) is 10.5. The first-order valence-corrected chi connectivity index (χ1v) is 7.05. The minimum absolute atomic E-state index is 0.135. The fraction of sp³-hybridized carbons (Fsp3) is 0.933. The summed E-state index contributed by atoms with van der Waals surface area (Å²) in [4.78, 5) is 11.4. The predicted molar refractivity (Wildman–Crippen MR) is 73.1 cm³/mol. The van der Waals surface area contributed by atoms with E-state index in [1.165, 1.54) is 25.7 Å². The zero-order chi connectivity index (χ0) is 13.5. The molecular weight excluding hydrogens is 212 g/mol. The van der Waals surface area contributed by atoms with Crippen LogP contribution in [0.1, 0.15) is 73.1 Å². The Balaban J connectivity index is 4.51. The van der Waals surface area contributed by atoms with Crippen LogP contribution >= 0.6 is 0 Å². The van der Waals surface area contributed by atoms with Gasteiger partial charge < -0.3 is 5.11 Å². The van der Waals surface area contributed by atoms with Crippen molar-refractivity contribution in [3.05, 3.63) is 0 Å². The Labute approximate surface area is 107 Å². The molecule has 0 bridgehead atoms. The number of carboxylic acids is 1. The Morgan fingerprint density at radius 2 is 1.71 bits per heavy atom. The standard InChI is InChI=1S/C15H30O2/c1-6-8-10-12(9-7-2)11-13(14(16)17)15(3,4)5/h12-13H,6-11H2,1-5H3,(H,16,17). The fourth-order valence-electron chi connectivity index (χ4n) is 2.44. The van der Waals surface area contributed by atoms with Crippen molar-refractivity contribution < 1.29 is 9.90 Å². The van der Waals surface area contributed by atoms with Crippen LogP contribution in [0.2, 0.25) is 0 Å². The average molecular weight is 242 g/mol. The lowest BCUT2D eigenvalue weighted by molar-refractivity contribution is -0.146. The molecule has 2 nitrogen and oxygen atoms in total. The lowest BCUT2D eigenvalue weighted by Crippen LogP contribution is -2.30. The molecule has 0 aliphatic rings. The molecule has 0 fully saturated rings. The number of carboxylic acid groups (broad SMARTS) is 1. The Morgan fingerprint density at radius 3 is 2.06 bits per heavy atom. The van der Waals surface area contributed by atoms with Crippen LogP contribution < -0.4 is 0 Å². The zero-order valence-electron chi connectivity index (χ0n) is 12.3. The third-order valence-corrected chi connectivity index (χ3v) is 3.58. The molecule has 102 valence electrons. The Kier molecular flexibility index (Phi) is 7.49. The molecule has 1 N–H and O–H groups in total. The van der Waals surface area contributed by atoms with Gasteiger partial charge in [-0.25, -0.2) is 0 Å². The van der Waals surface area contributed by atoms with Crippen molar-refractivity contribution in [1.29, 1.82) is 0 Å². The molecule has 0 aliphatic heterocycles. The SMILES string of the molecule is CCCCC(CCC)CC(C(=O)O)C(C)(C)C. The maximum absolute atomic E-state index is 11.4. The van der Waals surface area contributed by atoms with Gasteiger partial charge in [0.05, 0.1) is 5.92 Å². The summed E-state index contributed by atoms with van der Waals surface area (Å²) in [5, 5.41) is 9.35. The van der Waals surface area contributed by atoms with E-state index < -0.39 is 5.97 Å². The molecule has 0 aromatic heterocycles. The normalized spacial score (nSPS) is 15.6. The van der Waals surface area contributed by atoms with E-state index in [4.69, 9.17) is 0 Å². The van der Waals surface area contributed by atoms with E-state index in [-0.39, 0.29) is 11.3 Å². The van der Waals surface area contributed by atoms with Crippen LogP contribution in [0, 0.1) is 17.3 Å². The van der Waals surface area contributed by atoms with Crippen LogP contribution in [0.15, 0.2) is 0 Å². The summed E-state index contributed by atoms with van der Waals surface area (Å²) in [6.07, 6.45) is 6.77. The van der Waals surface area contributed by atoms with Gasteiger partial charge in [-0.1, -0.05) is 66.7 Å². The molecule has 17 heavy (non-hydrogen) atoms. The first-order chi connectivity index (χ1) is 7.82. The molecule has 0 rings (SSSR count). The zero-order valence-corrected chi connectivity index (χ0v) is 12.3. The summed E-state index contributed by atoms with van der Waals surface area (Å²) >= 11 is 0. The van der Waals surface area contributed by atoms with Gasteiger partial charge in [-0.15, -0.1) is 0 Å². The van der Waals surface area contributed by atoms with Gasteiger partial charge in [0.2, 0.25) is 0 Å². The minimum Gasteiger partial charge on any atom is -0.481 e. The van der Waals surface area contributed by atoms with Crippen molar-refractivity contribution in [1.82, 2.24) is 0 Å². The third kappa shape index (κ3) is 6.70. The second kappa shape index (κ2) is 7.73. The molecule has 0 saturated carbocycles. The highest BCUT2D eigenvalue weighted by molar-refractivity contribution is 5.70. The lowest BCUT2D eigenvalue weighted by Gasteiger charge is -2.30. The van der Waals surface area contributed by atoms with E-state index in [2.05, 4.69) is 13.8 Å². The molecule has 0 saturated heterocycles. The van der Waals surface area contributed by atoms with Crippen molar-refractivity contribution in [3.8, 4) is 0 Å². The molecular formula is C15H30O2. The fourth-order valence-corrected chi connectivity index (χ4v) is 2.44. The highest BCUT2D eigenvalue weighted by Crippen LogP contribution is 2.34. The van der Waals surface area contributed by atoms with Crippen molar-refractivity contribution in [2.75, 3.05) is 0 Å². The van der Waals surface area contributed by atoms with E-state index >= 15 is 0 Å². The molecule has 0 aliphatic carbocycles. The monoisotopic (exact) mass is 242 g/mol. The first kappa shape index (κ1) is 16.5. The van der Waals surface area contributed by atoms with Gasteiger partial charge in [0, 0.05) is 0 Å². The van der Waals surface area contributed by atoms with Crippen LogP contribution in [0.4, 0.5) is 0 Å². The predicted octanol–water partition coefficient (Wildman–Crippen LogP) is 4.73. The van der Waals surface area contributed by atoms with Gasteiger partial charge in [-0.3, -0.25) is 4.79 Å². The quantitative estimate of drug-likeness (QED) is 0.668. The first-order valence-electron chi connectivity index (χ1n) is 7.05. The van der Waals surface area contributed by atoms with E-state index in [9.17, 15) is 9.90 Å². The molecule has 0 spiro atoms. The van der Waals surface area contributed by atoms with Gasteiger partial charge in [-0.05, 0) is 17.8 Å². The van der Waals surface area contributed by atoms with Crippen molar-refractivity contribution >= 4 is 5.97 Å². The van der Waals surface area contributed by atoms with Crippen LogP contribution in [-0.4, -0.2) is 11.1 Å². The minimum atomic E-state index is -0.630. The number of hydrogen-bond donors (Lipinski definition) is 1. The van der Waals surface area contributed by atoms with Crippen LogP contribution in [0.3, 0.4) is 0 Å². The summed E-state index contributed by atoms with van der Waals surface area (Å²) in [5.74, 6) is -0.258. The van der Waals surface area contributed by atoms with Crippen LogP contribution in [0.5, 0.6) is 0 Å². The van der Waals surface area contributed by atoms with Crippen molar-refractivity contribution in [2.24, 2.45) is 17.3 Å². The van der Waals surface area contributed by atoms with Gasteiger partial charge in [0.15, 0.2) is 0 Å². The summed E-state index contributed by atoms with van der Waals surface area (Å²) < 4.78 is 0. The molecule has 0 aromatic rings. The lowest BCUT2D eigenvalue weighted by atomic mass is 9.74. The Hall–Kier alpha value is -0.530. The van der Waals surface area contributed by atoms with E-state index in [1.54, 1.807) is 0 Å². The molecule has 0 aromatic carbocycles. The second-order valence-corrected chi connectivity index (χ2v) is 6.29. The van der Waals surface area contributed by atoms with Gasteiger partial charge in [0.1, 0.15) is 0 Å². The number of carbonyl (C=O) groups is 1. The van der Waals surface area contributed by atoms with Gasteiger partial charge in [0.25, 0.3) is 0 Å². The summed E-state index contributed by atoms with van der Waals surface area (Å²) in [6, 6.07) is 0. The van der Waals surface area contributed by atoms with Crippen LogP contribution in [0.25, 0.3) is 0 Å². The number of hydrogen-bond acceptors (Lipinski definition) is 1. The number of aliphatic carboxylic acids is 1. The molecule has 0 radical (unpaired) electrons. The summed E-state index contributed by atoms with van der Waals surface area (Å²) in [7, 11) is 0. The number of rotatable bonds is 8. The van der Waals surface area contributed by atoms with Gasteiger partial charge >= 0.3 is 5.97 Å². The smallest absolute Gasteiger partial charge is 0.307 e. The maximum atomic E-state index is 11.4. The Bertz CT molecular complexity index is 215. The Morgan fingerprint density at radius 1 is 1.12 bits per heavy atom. The van der Waals surface area contributed by atoms with E-state index in [0.717, 1.165) is 12.8 Å². The molecule has 2 unspecified atom stereocenters. The van der Waals surface area contributed by atoms with Crippen molar-refractivity contribution in [3.63, 3.8) is 0 Å². The number of unbranched alkanes of at least 4 members (excludes halogenated alkanes) is 1. The second-order valence-electron chi connectivity index (χ2n) is 6.29. The topological polar surface area (TPSA) is 37.3 Å². The van der Waals surface area contributed by atoms with E-state index in [0.29, 0.717) is 5.92 Å². The van der Waals surface area contributed by atoms with Crippen molar-refractivity contribution in [2.45, 2.75) is 73.1 Å². The largest absolute Gasteiger partial charge is 0.481 e. The highest BCUT2D eigenvalue weighted by atomic mass is 16.4. The maximum Gasteiger partial charge on any atom is 0.307 e. The van der Waals surface area contributed by atoms with E-state index in [1.807, 2.05) is 20.8 Å². The van der Waals surface area contributed by atoms with Gasteiger partial charge in [-0.2, -0.15) is 0 Å².